The first-order chi connectivity index (χ1) is 12.4. The maximum atomic E-state index is 4.87. The van der Waals surface area contributed by atoms with Crippen LogP contribution >= 0.6 is 0 Å². The predicted octanol–water partition coefficient (Wildman–Crippen LogP) is 5.40. The Morgan fingerprint density at radius 1 is 1.04 bits per heavy atom. The summed E-state index contributed by atoms with van der Waals surface area (Å²) < 4.78 is 0. The first-order valence-corrected chi connectivity index (χ1v) is 9.94. The Morgan fingerprint density at radius 2 is 1.69 bits per heavy atom. The molecule has 0 spiro atoms. The van der Waals surface area contributed by atoms with Gasteiger partial charge in [0, 0.05) is 23.8 Å². The summed E-state index contributed by atoms with van der Waals surface area (Å²) in [5, 5.41) is 3.68. The van der Waals surface area contributed by atoms with Gasteiger partial charge in [-0.2, -0.15) is 0 Å². The standard InChI is InChI=1S/C22H32N4/c1-7-18(8-2)25-21-19-10-9-11-26(22(19)24-17(6)23-21)20-15(4)12-14(3)13-16(20)5/h12-13,18H,7-11H2,1-6H3,(H,23,24,25). The molecule has 26 heavy (non-hydrogen) atoms. The largest absolute Gasteiger partial charge is 0.367 e. The summed E-state index contributed by atoms with van der Waals surface area (Å²) in [5.74, 6) is 2.96. The van der Waals surface area contributed by atoms with E-state index in [2.05, 4.69) is 57.0 Å². The molecule has 1 N–H and O–H groups in total. The number of rotatable bonds is 5. The van der Waals surface area contributed by atoms with E-state index in [4.69, 9.17) is 9.97 Å². The van der Waals surface area contributed by atoms with Gasteiger partial charge in [-0.15, -0.1) is 0 Å². The van der Waals surface area contributed by atoms with Crippen LogP contribution in [0, 0.1) is 27.7 Å². The van der Waals surface area contributed by atoms with Gasteiger partial charge in [0.2, 0.25) is 0 Å². The molecule has 2 aromatic rings. The van der Waals surface area contributed by atoms with Crippen LogP contribution in [0.3, 0.4) is 0 Å². The Labute approximate surface area is 158 Å². The fourth-order valence-corrected chi connectivity index (χ4v) is 4.18. The van der Waals surface area contributed by atoms with E-state index in [1.54, 1.807) is 0 Å². The second-order valence-electron chi connectivity index (χ2n) is 7.58. The van der Waals surface area contributed by atoms with Crippen LogP contribution in [0.4, 0.5) is 17.3 Å². The van der Waals surface area contributed by atoms with Gasteiger partial charge in [-0.1, -0.05) is 31.5 Å². The lowest BCUT2D eigenvalue weighted by atomic mass is 9.99. The molecule has 1 aromatic heterocycles. The number of nitrogens with one attached hydrogen (secondary N) is 1. The average molecular weight is 353 g/mol. The molecule has 2 heterocycles. The number of fused-ring (bicyclic) bond motifs is 1. The van der Waals surface area contributed by atoms with Crippen molar-refractivity contribution in [2.75, 3.05) is 16.8 Å². The Hall–Kier alpha value is -2.10. The van der Waals surface area contributed by atoms with Crippen LogP contribution in [0.25, 0.3) is 0 Å². The molecule has 1 aliphatic rings. The number of hydrogen-bond donors (Lipinski definition) is 1. The van der Waals surface area contributed by atoms with Crippen LogP contribution < -0.4 is 10.2 Å². The maximum Gasteiger partial charge on any atom is 0.142 e. The summed E-state index contributed by atoms with van der Waals surface area (Å²) in [5.41, 5.74) is 6.54. The van der Waals surface area contributed by atoms with Gasteiger partial charge in [-0.05, 0) is 64.5 Å². The number of aromatic nitrogens is 2. The fourth-order valence-electron chi connectivity index (χ4n) is 4.18. The molecule has 0 aliphatic carbocycles. The summed E-state index contributed by atoms with van der Waals surface area (Å²) in [6, 6.07) is 5.01. The highest BCUT2D eigenvalue weighted by Gasteiger charge is 2.26. The topological polar surface area (TPSA) is 41.1 Å². The molecule has 0 unspecified atom stereocenters. The average Bonchev–Trinajstić information content (AvgIpc) is 2.59. The van der Waals surface area contributed by atoms with E-state index in [0.29, 0.717) is 6.04 Å². The van der Waals surface area contributed by atoms with Crippen LogP contribution in [0.5, 0.6) is 0 Å². The Balaban J connectivity index is 2.09. The molecule has 0 amide bonds. The monoisotopic (exact) mass is 352 g/mol. The SMILES string of the molecule is CCC(CC)Nc1nc(C)nc2c1CCCN2c1c(C)cc(C)cc1C. The van der Waals surface area contributed by atoms with Gasteiger partial charge in [0.25, 0.3) is 0 Å². The molecule has 4 heteroatoms. The number of anilines is 3. The van der Waals surface area contributed by atoms with Crippen molar-refractivity contribution in [3.05, 3.63) is 40.2 Å². The zero-order chi connectivity index (χ0) is 18.8. The van der Waals surface area contributed by atoms with E-state index < -0.39 is 0 Å². The highest BCUT2D eigenvalue weighted by Crippen LogP contribution is 2.38. The molecule has 0 bridgehead atoms. The Bertz CT molecular complexity index is 770. The molecule has 4 nitrogen and oxygen atoms in total. The number of aryl methyl sites for hydroxylation is 4. The van der Waals surface area contributed by atoms with Crippen molar-refractivity contribution < 1.29 is 0 Å². The van der Waals surface area contributed by atoms with Crippen LogP contribution in [0.1, 0.15) is 61.2 Å². The zero-order valence-corrected chi connectivity index (χ0v) is 17.1. The first-order valence-electron chi connectivity index (χ1n) is 9.94. The van der Waals surface area contributed by atoms with Gasteiger partial charge in [-0.3, -0.25) is 0 Å². The summed E-state index contributed by atoms with van der Waals surface area (Å²) in [4.78, 5) is 12.0. The minimum Gasteiger partial charge on any atom is -0.367 e. The van der Waals surface area contributed by atoms with Gasteiger partial charge in [0.1, 0.15) is 17.5 Å². The van der Waals surface area contributed by atoms with Gasteiger partial charge >= 0.3 is 0 Å². The van der Waals surface area contributed by atoms with Crippen LogP contribution in [0.15, 0.2) is 12.1 Å². The molecule has 0 saturated heterocycles. The van der Waals surface area contributed by atoms with Gasteiger partial charge in [0.05, 0.1) is 0 Å². The maximum absolute atomic E-state index is 4.87. The summed E-state index contributed by atoms with van der Waals surface area (Å²) in [6.45, 7) is 14.1. The molecule has 0 atom stereocenters. The lowest BCUT2D eigenvalue weighted by molar-refractivity contribution is 0.661. The van der Waals surface area contributed by atoms with E-state index in [9.17, 15) is 0 Å². The second kappa shape index (κ2) is 7.65. The normalized spacial score (nSPS) is 13.9. The van der Waals surface area contributed by atoms with Crippen molar-refractivity contribution in [1.29, 1.82) is 0 Å². The van der Waals surface area contributed by atoms with Crippen molar-refractivity contribution in [2.24, 2.45) is 0 Å². The highest BCUT2D eigenvalue weighted by molar-refractivity contribution is 5.73. The summed E-state index contributed by atoms with van der Waals surface area (Å²) in [7, 11) is 0. The smallest absolute Gasteiger partial charge is 0.142 e. The molecular formula is C22H32N4. The van der Waals surface area contributed by atoms with Crippen LogP contribution in [0.2, 0.25) is 0 Å². The third kappa shape index (κ3) is 3.55. The van der Waals surface area contributed by atoms with E-state index >= 15 is 0 Å². The highest BCUT2D eigenvalue weighted by atomic mass is 15.2. The number of benzene rings is 1. The molecule has 0 fully saturated rings. The molecule has 140 valence electrons. The van der Waals surface area contributed by atoms with Crippen LogP contribution in [-0.4, -0.2) is 22.6 Å². The van der Waals surface area contributed by atoms with E-state index in [0.717, 1.165) is 49.7 Å². The molecule has 0 radical (unpaired) electrons. The molecule has 0 saturated carbocycles. The lowest BCUT2D eigenvalue weighted by Gasteiger charge is -2.34. The van der Waals surface area contributed by atoms with Crippen LogP contribution in [-0.2, 0) is 6.42 Å². The molecule has 3 rings (SSSR count). The Morgan fingerprint density at radius 3 is 2.31 bits per heavy atom. The van der Waals surface area contributed by atoms with Crippen molar-refractivity contribution in [3.63, 3.8) is 0 Å². The Kier molecular flexibility index (Phi) is 5.49. The third-order valence-corrected chi connectivity index (χ3v) is 5.39. The lowest BCUT2D eigenvalue weighted by Crippen LogP contribution is -2.29. The second-order valence-corrected chi connectivity index (χ2v) is 7.58. The minimum absolute atomic E-state index is 0.464. The number of hydrogen-bond acceptors (Lipinski definition) is 4. The number of nitrogens with zero attached hydrogens (tertiary/aromatic N) is 3. The van der Waals surface area contributed by atoms with E-state index in [1.807, 2.05) is 6.92 Å². The van der Waals surface area contributed by atoms with Gasteiger partial charge in [-0.25, -0.2) is 9.97 Å². The zero-order valence-electron chi connectivity index (χ0n) is 17.1. The molecular weight excluding hydrogens is 320 g/mol. The minimum atomic E-state index is 0.464. The van der Waals surface area contributed by atoms with Crippen molar-refractivity contribution in [3.8, 4) is 0 Å². The van der Waals surface area contributed by atoms with Crippen molar-refractivity contribution in [2.45, 2.75) is 73.3 Å². The van der Waals surface area contributed by atoms with E-state index in [1.165, 1.54) is 27.9 Å². The quantitative estimate of drug-likeness (QED) is 0.783. The third-order valence-electron chi connectivity index (χ3n) is 5.39. The summed E-state index contributed by atoms with van der Waals surface area (Å²) in [6.07, 6.45) is 4.38. The van der Waals surface area contributed by atoms with Gasteiger partial charge in [0.15, 0.2) is 0 Å². The first kappa shape index (κ1) is 18.7. The summed E-state index contributed by atoms with van der Waals surface area (Å²) >= 11 is 0. The van der Waals surface area contributed by atoms with Crippen molar-refractivity contribution in [1.82, 2.24) is 9.97 Å². The van der Waals surface area contributed by atoms with E-state index in [-0.39, 0.29) is 0 Å². The molecule has 1 aliphatic heterocycles. The molecule has 1 aromatic carbocycles. The van der Waals surface area contributed by atoms with Crippen molar-refractivity contribution >= 4 is 17.3 Å². The fraction of sp³-hybridized carbons (Fsp3) is 0.545. The predicted molar refractivity (Wildman–Crippen MR) is 111 cm³/mol. The van der Waals surface area contributed by atoms with Gasteiger partial charge < -0.3 is 10.2 Å².